The number of rotatable bonds is 4. The zero-order chi connectivity index (χ0) is 12.3. The van der Waals surface area contributed by atoms with Crippen molar-refractivity contribution >= 4 is 0 Å². The Kier molecular flexibility index (Phi) is 4.00. The second-order valence-electron chi connectivity index (χ2n) is 5.25. The highest BCUT2D eigenvalue weighted by Gasteiger charge is 2.22. The lowest BCUT2D eigenvalue weighted by molar-refractivity contribution is 0.408. The van der Waals surface area contributed by atoms with Gasteiger partial charge in [0.05, 0.1) is 6.33 Å². The van der Waals surface area contributed by atoms with E-state index in [-0.39, 0.29) is 0 Å². The molecular weight excluding hydrogens is 210 g/mol. The predicted molar refractivity (Wildman–Crippen MR) is 70.9 cm³/mol. The highest BCUT2D eigenvalue weighted by atomic mass is 15.1. The number of imidazole rings is 1. The lowest BCUT2D eigenvalue weighted by Crippen LogP contribution is -2.23. The summed E-state index contributed by atoms with van der Waals surface area (Å²) < 4.78 is 2.35. The average molecular weight is 233 g/mol. The lowest BCUT2D eigenvalue weighted by Gasteiger charge is -2.26. The molecule has 2 unspecified atom stereocenters. The van der Waals surface area contributed by atoms with E-state index in [1.54, 1.807) is 0 Å². The van der Waals surface area contributed by atoms with Crippen LogP contribution in [0.5, 0.6) is 0 Å². The van der Waals surface area contributed by atoms with Gasteiger partial charge in [0.25, 0.3) is 0 Å². The molecular formula is C14H23N3. The Bertz CT molecular complexity index is 379. The summed E-state index contributed by atoms with van der Waals surface area (Å²) in [6.45, 7) is 5.16. The number of nitrogens with two attached hydrogens (primary N) is 1. The van der Waals surface area contributed by atoms with Gasteiger partial charge in [0.1, 0.15) is 0 Å². The summed E-state index contributed by atoms with van der Waals surface area (Å²) in [6, 6.07) is 0.574. The number of aromatic nitrogens is 2. The molecule has 0 aromatic carbocycles. The number of hydrogen-bond acceptors (Lipinski definition) is 2. The predicted octanol–water partition coefficient (Wildman–Crippen LogP) is 2.86. The largest absolute Gasteiger partial charge is 0.331 e. The molecule has 0 radical (unpaired) electrons. The molecule has 0 fully saturated rings. The van der Waals surface area contributed by atoms with Gasteiger partial charge in [-0.2, -0.15) is 0 Å². The highest BCUT2D eigenvalue weighted by molar-refractivity contribution is 5.11. The van der Waals surface area contributed by atoms with Crippen molar-refractivity contribution in [3.05, 3.63) is 30.4 Å². The molecule has 2 N–H and O–H groups in total. The molecule has 94 valence electrons. The maximum Gasteiger partial charge on any atom is 0.0951 e. The molecule has 3 heteroatoms. The highest BCUT2D eigenvalue weighted by Crippen LogP contribution is 2.30. The van der Waals surface area contributed by atoms with Gasteiger partial charge in [-0.05, 0) is 25.2 Å². The fourth-order valence-corrected chi connectivity index (χ4v) is 2.67. The Morgan fingerprint density at radius 3 is 2.88 bits per heavy atom. The van der Waals surface area contributed by atoms with Crippen molar-refractivity contribution < 1.29 is 0 Å². The molecule has 0 amide bonds. The van der Waals surface area contributed by atoms with Crippen LogP contribution in [0.3, 0.4) is 0 Å². The molecule has 1 heterocycles. The summed E-state index contributed by atoms with van der Waals surface area (Å²) in [6.07, 6.45) is 12.0. The summed E-state index contributed by atoms with van der Waals surface area (Å²) in [4.78, 5) is 4.33. The molecule has 1 aliphatic carbocycles. The van der Waals surface area contributed by atoms with Crippen molar-refractivity contribution in [1.82, 2.24) is 9.55 Å². The van der Waals surface area contributed by atoms with Crippen molar-refractivity contribution in [2.24, 2.45) is 11.7 Å². The van der Waals surface area contributed by atoms with Crippen LogP contribution in [0.2, 0.25) is 0 Å². The van der Waals surface area contributed by atoms with E-state index in [2.05, 4.69) is 35.6 Å². The van der Waals surface area contributed by atoms with Crippen LogP contribution >= 0.6 is 0 Å². The molecule has 0 bridgehead atoms. The Balaban J connectivity index is 2.23. The fraction of sp³-hybridized carbons (Fsp3) is 0.643. The van der Waals surface area contributed by atoms with Gasteiger partial charge in [-0.1, -0.05) is 26.0 Å². The second-order valence-corrected chi connectivity index (χ2v) is 5.25. The maximum atomic E-state index is 5.91. The summed E-state index contributed by atoms with van der Waals surface area (Å²) in [7, 11) is 0. The maximum absolute atomic E-state index is 5.91. The van der Waals surface area contributed by atoms with Gasteiger partial charge >= 0.3 is 0 Å². The smallest absolute Gasteiger partial charge is 0.0951 e. The first kappa shape index (κ1) is 12.4. The minimum atomic E-state index is 0.420. The van der Waals surface area contributed by atoms with Gasteiger partial charge in [-0.3, -0.25) is 0 Å². The molecule has 2 rings (SSSR count). The third-order valence-electron chi connectivity index (χ3n) is 3.77. The van der Waals surface area contributed by atoms with Crippen LogP contribution in [0, 0.1) is 5.92 Å². The van der Waals surface area contributed by atoms with Gasteiger partial charge in [0.2, 0.25) is 0 Å². The van der Waals surface area contributed by atoms with Gasteiger partial charge in [-0.15, -0.1) is 0 Å². The number of allylic oxidation sites excluding steroid dienone is 2. The van der Waals surface area contributed by atoms with Crippen LogP contribution in [-0.4, -0.2) is 16.1 Å². The van der Waals surface area contributed by atoms with Crippen molar-refractivity contribution in [3.63, 3.8) is 0 Å². The molecule has 1 aromatic heterocycles. The Morgan fingerprint density at radius 1 is 1.47 bits per heavy atom. The lowest BCUT2D eigenvalue weighted by atomic mass is 9.92. The quantitative estimate of drug-likeness (QED) is 0.813. The molecule has 0 saturated carbocycles. The van der Waals surface area contributed by atoms with Gasteiger partial charge in [-0.25, -0.2) is 4.98 Å². The zero-order valence-corrected chi connectivity index (χ0v) is 10.8. The van der Waals surface area contributed by atoms with Gasteiger partial charge in [0, 0.05) is 30.4 Å². The summed E-state index contributed by atoms with van der Waals surface area (Å²) in [5.74, 6) is 0.984. The minimum Gasteiger partial charge on any atom is -0.331 e. The van der Waals surface area contributed by atoms with E-state index in [9.17, 15) is 0 Å². The topological polar surface area (TPSA) is 43.8 Å². The first-order valence-corrected chi connectivity index (χ1v) is 6.60. The van der Waals surface area contributed by atoms with Crippen molar-refractivity contribution in [1.29, 1.82) is 0 Å². The second kappa shape index (κ2) is 5.50. The van der Waals surface area contributed by atoms with Crippen LogP contribution < -0.4 is 5.73 Å². The molecule has 0 aliphatic heterocycles. The van der Waals surface area contributed by atoms with Crippen LogP contribution in [0.1, 0.15) is 50.8 Å². The first-order chi connectivity index (χ1) is 8.24. The Labute approximate surface area is 104 Å². The van der Waals surface area contributed by atoms with Crippen LogP contribution in [0.15, 0.2) is 24.7 Å². The third kappa shape index (κ3) is 2.60. The van der Waals surface area contributed by atoms with Crippen LogP contribution in [0.25, 0.3) is 0 Å². The van der Waals surface area contributed by atoms with Crippen LogP contribution in [0.4, 0.5) is 0 Å². The standard InChI is InChI=1S/C14H23N3/c1-11(2)13(8-15)14-9-16-10-17(14)12-6-4-3-5-7-12/h3-4,9-13H,5-8,15H2,1-2H3. The Hall–Kier alpha value is -1.09. The first-order valence-electron chi connectivity index (χ1n) is 6.60. The van der Waals surface area contributed by atoms with Crippen LogP contribution in [-0.2, 0) is 0 Å². The van der Waals surface area contributed by atoms with Crippen molar-refractivity contribution in [2.75, 3.05) is 6.54 Å². The van der Waals surface area contributed by atoms with E-state index in [1.807, 2.05) is 12.5 Å². The summed E-state index contributed by atoms with van der Waals surface area (Å²) >= 11 is 0. The SMILES string of the molecule is CC(C)C(CN)c1cncn1C1CC=CCC1. The van der Waals surface area contributed by atoms with Gasteiger partial charge in [0.15, 0.2) is 0 Å². The van der Waals surface area contributed by atoms with Crippen molar-refractivity contribution in [3.8, 4) is 0 Å². The zero-order valence-electron chi connectivity index (χ0n) is 10.8. The minimum absolute atomic E-state index is 0.420. The van der Waals surface area contributed by atoms with E-state index in [0.29, 0.717) is 24.4 Å². The molecule has 3 nitrogen and oxygen atoms in total. The molecule has 1 aromatic rings. The molecule has 2 atom stereocenters. The third-order valence-corrected chi connectivity index (χ3v) is 3.77. The van der Waals surface area contributed by atoms with Crippen molar-refractivity contribution in [2.45, 2.75) is 45.1 Å². The molecule has 0 saturated heterocycles. The van der Waals surface area contributed by atoms with Gasteiger partial charge < -0.3 is 10.3 Å². The molecule has 0 spiro atoms. The fourth-order valence-electron chi connectivity index (χ4n) is 2.67. The van der Waals surface area contributed by atoms with E-state index in [4.69, 9.17) is 5.73 Å². The van der Waals surface area contributed by atoms with E-state index in [0.717, 1.165) is 6.42 Å². The molecule has 1 aliphatic rings. The molecule has 17 heavy (non-hydrogen) atoms. The number of hydrogen-bond donors (Lipinski definition) is 1. The Morgan fingerprint density at radius 2 is 2.29 bits per heavy atom. The summed E-state index contributed by atoms with van der Waals surface area (Å²) in [5, 5.41) is 0. The number of nitrogens with zero attached hydrogens (tertiary/aromatic N) is 2. The van der Waals surface area contributed by atoms with E-state index in [1.165, 1.54) is 18.5 Å². The summed E-state index contributed by atoms with van der Waals surface area (Å²) in [5.41, 5.74) is 7.22. The van der Waals surface area contributed by atoms with E-state index >= 15 is 0 Å². The van der Waals surface area contributed by atoms with E-state index < -0.39 is 0 Å². The monoisotopic (exact) mass is 233 g/mol. The average Bonchev–Trinajstić information content (AvgIpc) is 2.80. The normalized spacial score (nSPS) is 22.0.